The third-order valence-electron chi connectivity index (χ3n) is 3.03. The monoisotopic (exact) mass is 347 g/mol. The van der Waals surface area contributed by atoms with Gasteiger partial charge in [0, 0.05) is 10.6 Å². The molecule has 0 radical (unpaired) electrons. The first kappa shape index (κ1) is 17.2. The Morgan fingerprint density at radius 1 is 1.17 bits per heavy atom. The summed E-state index contributed by atoms with van der Waals surface area (Å²) in [7, 11) is 0. The molecule has 0 saturated heterocycles. The molecular formula is C18H15Cl2NO2. The van der Waals surface area contributed by atoms with Crippen molar-refractivity contribution in [2.75, 3.05) is 0 Å². The summed E-state index contributed by atoms with van der Waals surface area (Å²) in [5.74, 6) is 3.31. The van der Waals surface area contributed by atoms with Crippen LogP contribution in [0.1, 0.15) is 24.2 Å². The van der Waals surface area contributed by atoms with Crippen LogP contribution in [-0.2, 0) is 0 Å². The van der Waals surface area contributed by atoms with Gasteiger partial charge in [-0.1, -0.05) is 29.1 Å². The number of rotatable bonds is 4. The molecule has 2 rings (SSSR count). The quantitative estimate of drug-likeness (QED) is 0.796. The van der Waals surface area contributed by atoms with Crippen LogP contribution in [-0.4, -0.2) is 11.4 Å². The van der Waals surface area contributed by atoms with E-state index in [1.54, 1.807) is 56.3 Å². The fourth-order valence-corrected chi connectivity index (χ4v) is 2.20. The van der Waals surface area contributed by atoms with Crippen LogP contribution in [0.5, 0.6) is 11.5 Å². The van der Waals surface area contributed by atoms with Crippen molar-refractivity contribution in [3.05, 3.63) is 58.1 Å². The minimum atomic E-state index is -0.705. The number of ether oxygens (including phenoxy) is 1. The average molecular weight is 348 g/mol. The highest BCUT2D eigenvalue weighted by Crippen LogP contribution is 2.31. The van der Waals surface area contributed by atoms with Crippen molar-refractivity contribution >= 4 is 29.1 Å². The summed E-state index contributed by atoms with van der Waals surface area (Å²) in [6.45, 7) is 3.51. The molecule has 0 fully saturated rings. The topological polar surface area (TPSA) is 38.3 Å². The van der Waals surface area contributed by atoms with Gasteiger partial charge in [0.05, 0.1) is 10.6 Å². The number of amides is 1. The largest absolute Gasteiger partial charge is 0.456 e. The zero-order chi connectivity index (χ0) is 17.0. The van der Waals surface area contributed by atoms with E-state index in [4.69, 9.17) is 34.4 Å². The normalized spacial score (nSPS) is 10.7. The van der Waals surface area contributed by atoms with Gasteiger partial charge in [0.15, 0.2) is 0 Å². The Morgan fingerprint density at radius 2 is 1.83 bits per heavy atom. The summed E-state index contributed by atoms with van der Waals surface area (Å²) >= 11 is 11.9. The molecule has 0 atom stereocenters. The number of hydrogen-bond donors (Lipinski definition) is 1. The van der Waals surface area contributed by atoms with Crippen LogP contribution in [0.15, 0.2) is 42.5 Å². The first-order valence-electron chi connectivity index (χ1n) is 6.84. The van der Waals surface area contributed by atoms with E-state index in [1.807, 2.05) is 0 Å². The van der Waals surface area contributed by atoms with Gasteiger partial charge < -0.3 is 10.1 Å². The number of benzene rings is 2. The van der Waals surface area contributed by atoms with E-state index in [2.05, 4.69) is 11.2 Å². The van der Waals surface area contributed by atoms with Gasteiger partial charge in [-0.3, -0.25) is 4.79 Å². The summed E-state index contributed by atoms with van der Waals surface area (Å²) in [6, 6.07) is 11.6. The lowest BCUT2D eigenvalue weighted by Gasteiger charge is -2.19. The van der Waals surface area contributed by atoms with E-state index in [-0.39, 0.29) is 5.91 Å². The van der Waals surface area contributed by atoms with Crippen molar-refractivity contribution in [3.63, 3.8) is 0 Å². The number of hydrogen-bond acceptors (Lipinski definition) is 2. The van der Waals surface area contributed by atoms with Gasteiger partial charge >= 0.3 is 0 Å². The van der Waals surface area contributed by atoms with Gasteiger partial charge in [-0.15, -0.1) is 6.42 Å². The molecule has 0 aliphatic heterocycles. The van der Waals surface area contributed by atoms with Gasteiger partial charge in [0.25, 0.3) is 5.91 Å². The first-order valence-corrected chi connectivity index (χ1v) is 7.59. The molecule has 0 aliphatic rings. The highest BCUT2D eigenvalue weighted by atomic mass is 35.5. The Bertz CT molecular complexity index is 762. The molecule has 0 bridgehead atoms. The molecule has 0 spiro atoms. The van der Waals surface area contributed by atoms with Crippen LogP contribution in [0.3, 0.4) is 0 Å². The number of carbonyl (C=O) groups is 1. The number of carbonyl (C=O) groups excluding carboxylic acids is 1. The molecule has 5 heteroatoms. The van der Waals surface area contributed by atoms with Crippen molar-refractivity contribution in [3.8, 4) is 23.8 Å². The van der Waals surface area contributed by atoms with Crippen molar-refractivity contribution in [2.24, 2.45) is 0 Å². The number of halogens is 2. The molecule has 2 aromatic carbocycles. The molecule has 0 unspecified atom stereocenters. The molecule has 23 heavy (non-hydrogen) atoms. The SMILES string of the molecule is C#CC(C)(C)NC(=O)c1ccc(Oc2ccc(Cl)cc2Cl)cc1. The second-order valence-electron chi connectivity index (χ2n) is 5.42. The summed E-state index contributed by atoms with van der Waals surface area (Å²) in [6.07, 6.45) is 5.36. The van der Waals surface area contributed by atoms with Crippen LogP contribution in [0, 0.1) is 12.3 Å². The van der Waals surface area contributed by atoms with Crippen molar-refractivity contribution < 1.29 is 9.53 Å². The minimum absolute atomic E-state index is 0.246. The molecular weight excluding hydrogens is 333 g/mol. The lowest BCUT2D eigenvalue weighted by atomic mass is 10.1. The van der Waals surface area contributed by atoms with Crippen LogP contribution in [0.4, 0.5) is 0 Å². The second-order valence-corrected chi connectivity index (χ2v) is 6.27. The Labute approximate surface area is 145 Å². The predicted octanol–water partition coefficient (Wildman–Crippen LogP) is 4.93. The molecule has 0 heterocycles. The van der Waals surface area contributed by atoms with Crippen LogP contribution in [0.25, 0.3) is 0 Å². The van der Waals surface area contributed by atoms with E-state index in [1.165, 1.54) is 0 Å². The Morgan fingerprint density at radius 3 is 2.39 bits per heavy atom. The van der Waals surface area contributed by atoms with Gasteiger partial charge in [0.2, 0.25) is 0 Å². The van der Waals surface area contributed by atoms with Crippen molar-refractivity contribution in [1.29, 1.82) is 0 Å². The Hall–Kier alpha value is -2.15. The highest BCUT2D eigenvalue weighted by molar-refractivity contribution is 6.35. The van der Waals surface area contributed by atoms with Gasteiger partial charge in [-0.05, 0) is 56.3 Å². The standard InChI is InChI=1S/C18H15Cl2NO2/c1-4-18(2,3)21-17(22)12-5-8-14(9-6-12)23-16-10-7-13(19)11-15(16)20/h1,5-11H,2-3H3,(H,21,22). The zero-order valence-corrected chi connectivity index (χ0v) is 14.2. The molecule has 0 aliphatic carbocycles. The van der Waals surface area contributed by atoms with Gasteiger partial charge in [-0.25, -0.2) is 0 Å². The molecule has 3 nitrogen and oxygen atoms in total. The average Bonchev–Trinajstić information content (AvgIpc) is 2.50. The summed E-state index contributed by atoms with van der Waals surface area (Å²) < 4.78 is 5.67. The second kappa shape index (κ2) is 6.95. The molecule has 0 aromatic heterocycles. The van der Waals surface area contributed by atoms with Crippen LogP contribution >= 0.6 is 23.2 Å². The Balaban J connectivity index is 2.11. The van der Waals surface area contributed by atoms with Gasteiger partial charge in [-0.2, -0.15) is 0 Å². The third-order valence-corrected chi connectivity index (χ3v) is 3.56. The van der Waals surface area contributed by atoms with Crippen molar-refractivity contribution in [1.82, 2.24) is 5.32 Å². The smallest absolute Gasteiger partial charge is 0.252 e. The maximum atomic E-state index is 12.1. The summed E-state index contributed by atoms with van der Waals surface area (Å²) in [5, 5.41) is 3.70. The molecule has 1 amide bonds. The van der Waals surface area contributed by atoms with E-state index in [0.717, 1.165) is 0 Å². The van der Waals surface area contributed by atoms with E-state index >= 15 is 0 Å². The van der Waals surface area contributed by atoms with Crippen LogP contribution in [0.2, 0.25) is 10.0 Å². The zero-order valence-electron chi connectivity index (χ0n) is 12.7. The minimum Gasteiger partial charge on any atom is -0.456 e. The van der Waals surface area contributed by atoms with Gasteiger partial charge in [0.1, 0.15) is 11.5 Å². The van der Waals surface area contributed by atoms with E-state index < -0.39 is 5.54 Å². The van der Waals surface area contributed by atoms with Crippen molar-refractivity contribution in [2.45, 2.75) is 19.4 Å². The summed E-state index contributed by atoms with van der Waals surface area (Å²) in [4.78, 5) is 12.1. The lowest BCUT2D eigenvalue weighted by molar-refractivity contribution is 0.0930. The molecule has 0 saturated carbocycles. The Kier molecular flexibility index (Phi) is 5.20. The maximum Gasteiger partial charge on any atom is 0.252 e. The fourth-order valence-electron chi connectivity index (χ4n) is 1.75. The summed E-state index contributed by atoms with van der Waals surface area (Å²) in [5.41, 5.74) is -0.216. The molecule has 1 N–H and O–H groups in total. The molecule has 118 valence electrons. The van der Waals surface area contributed by atoms with E-state index in [9.17, 15) is 4.79 Å². The third kappa shape index (κ3) is 4.66. The fraction of sp³-hybridized carbons (Fsp3) is 0.167. The van der Waals surface area contributed by atoms with E-state index in [0.29, 0.717) is 27.1 Å². The predicted molar refractivity (Wildman–Crippen MR) is 93.4 cm³/mol. The number of nitrogens with one attached hydrogen (secondary N) is 1. The first-order chi connectivity index (χ1) is 10.8. The maximum absolute atomic E-state index is 12.1. The number of terminal acetylenes is 1. The lowest BCUT2D eigenvalue weighted by Crippen LogP contribution is -2.42. The van der Waals surface area contributed by atoms with Crippen LogP contribution < -0.4 is 10.1 Å². The molecule has 2 aromatic rings. The highest BCUT2D eigenvalue weighted by Gasteiger charge is 2.18.